The third-order valence-corrected chi connectivity index (χ3v) is 7.20. The Bertz CT molecular complexity index is 1090. The summed E-state index contributed by atoms with van der Waals surface area (Å²) in [5, 5.41) is 82.2. The first-order valence-corrected chi connectivity index (χ1v) is 12.2. The standard InChI is InChI=1S/C21H34N4O14/c22-9-13(31)11(29)6(36-19(9)39-20-10(23)14(32)12(30)7(4-26)37-20)3-5(27)17-15(33)16(34)18(38-17)25-2-1-8(28)24-21(25)35/h1-2,5-7,9-20,26-27,29-34H,3-4,22-23H2,(H,24,28,35)/t5-,6-,7?,9-,10?,11?,12-,13?,14?,15+,16-,17-,18-,19+,20-/m1/s1. The second-order valence-electron chi connectivity index (χ2n) is 9.81. The predicted molar refractivity (Wildman–Crippen MR) is 123 cm³/mol. The molecule has 18 nitrogen and oxygen atoms in total. The van der Waals surface area contributed by atoms with Crippen molar-refractivity contribution in [3.8, 4) is 0 Å². The van der Waals surface area contributed by atoms with Gasteiger partial charge in [0.05, 0.1) is 30.9 Å². The molecular formula is C21H34N4O14. The van der Waals surface area contributed by atoms with E-state index in [9.17, 15) is 50.4 Å². The molecule has 0 aliphatic carbocycles. The third-order valence-electron chi connectivity index (χ3n) is 7.20. The van der Waals surface area contributed by atoms with Crippen LogP contribution in [0.25, 0.3) is 0 Å². The maximum Gasteiger partial charge on any atom is 0.330 e. The third kappa shape index (κ3) is 5.80. The van der Waals surface area contributed by atoms with Gasteiger partial charge in [-0.2, -0.15) is 0 Å². The molecule has 3 aliphatic heterocycles. The van der Waals surface area contributed by atoms with Gasteiger partial charge >= 0.3 is 5.69 Å². The molecule has 18 heteroatoms. The van der Waals surface area contributed by atoms with E-state index in [1.54, 1.807) is 0 Å². The molecule has 5 unspecified atom stereocenters. The number of aliphatic hydroxyl groups excluding tert-OH is 8. The number of ether oxygens (including phenoxy) is 4. The summed E-state index contributed by atoms with van der Waals surface area (Å²) in [7, 11) is 0. The number of aromatic amines is 1. The first-order valence-electron chi connectivity index (χ1n) is 12.2. The van der Waals surface area contributed by atoms with Crippen LogP contribution in [0.1, 0.15) is 12.6 Å². The van der Waals surface area contributed by atoms with Gasteiger partial charge in [-0.25, -0.2) is 4.79 Å². The lowest BCUT2D eigenvalue weighted by molar-refractivity contribution is -0.343. The van der Waals surface area contributed by atoms with Gasteiger partial charge in [-0.15, -0.1) is 0 Å². The van der Waals surface area contributed by atoms with Gasteiger partial charge < -0.3 is 71.3 Å². The van der Waals surface area contributed by atoms with Gasteiger partial charge in [0.25, 0.3) is 5.56 Å². The van der Waals surface area contributed by atoms with E-state index < -0.39 is 116 Å². The number of hydrogen-bond donors (Lipinski definition) is 11. The average molecular weight is 567 g/mol. The van der Waals surface area contributed by atoms with E-state index in [0.717, 1.165) is 16.8 Å². The summed E-state index contributed by atoms with van der Waals surface area (Å²) in [6.07, 6.45) is -19.4. The number of rotatable bonds is 7. The van der Waals surface area contributed by atoms with Crippen LogP contribution in [0.3, 0.4) is 0 Å². The van der Waals surface area contributed by atoms with E-state index in [1.807, 2.05) is 4.98 Å². The Kier molecular flexibility index (Phi) is 9.20. The summed E-state index contributed by atoms with van der Waals surface area (Å²) >= 11 is 0. The molecule has 0 saturated carbocycles. The molecular weight excluding hydrogens is 532 g/mol. The van der Waals surface area contributed by atoms with Crippen molar-refractivity contribution in [2.24, 2.45) is 11.5 Å². The highest BCUT2D eigenvalue weighted by Crippen LogP contribution is 2.33. The van der Waals surface area contributed by atoms with E-state index >= 15 is 0 Å². The lowest BCUT2D eigenvalue weighted by Gasteiger charge is -2.46. The molecule has 15 atom stereocenters. The van der Waals surface area contributed by atoms with Crippen LogP contribution in [0.4, 0.5) is 0 Å². The molecule has 222 valence electrons. The van der Waals surface area contributed by atoms with Crippen LogP contribution in [0.5, 0.6) is 0 Å². The maximum absolute atomic E-state index is 12.1. The van der Waals surface area contributed by atoms with Crippen LogP contribution in [0.2, 0.25) is 0 Å². The Morgan fingerprint density at radius 3 is 2.00 bits per heavy atom. The van der Waals surface area contributed by atoms with Crippen molar-refractivity contribution in [1.29, 1.82) is 0 Å². The van der Waals surface area contributed by atoms with Crippen molar-refractivity contribution < 1.29 is 59.8 Å². The summed E-state index contributed by atoms with van der Waals surface area (Å²) in [6.45, 7) is -0.680. The largest absolute Gasteiger partial charge is 0.394 e. The summed E-state index contributed by atoms with van der Waals surface area (Å²) in [5.41, 5.74) is 10.2. The van der Waals surface area contributed by atoms with Crippen molar-refractivity contribution in [2.75, 3.05) is 6.61 Å². The normalized spacial score (nSPS) is 45.8. The second-order valence-corrected chi connectivity index (χ2v) is 9.81. The summed E-state index contributed by atoms with van der Waals surface area (Å²) < 4.78 is 22.9. The molecule has 1 aromatic heterocycles. The minimum Gasteiger partial charge on any atom is -0.394 e. The van der Waals surface area contributed by atoms with E-state index in [2.05, 4.69) is 0 Å². The molecule has 4 rings (SSSR count). The molecule has 0 bridgehead atoms. The van der Waals surface area contributed by atoms with Gasteiger partial charge in [0.15, 0.2) is 18.8 Å². The molecule has 0 amide bonds. The van der Waals surface area contributed by atoms with Gasteiger partial charge in [0.2, 0.25) is 0 Å². The summed E-state index contributed by atoms with van der Waals surface area (Å²) in [5.74, 6) is 0. The van der Waals surface area contributed by atoms with Crippen LogP contribution >= 0.6 is 0 Å². The number of hydrogen-bond acceptors (Lipinski definition) is 16. The molecule has 3 aliphatic rings. The molecule has 3 saturated heterocycles. The molecule has 0 spiro atoms. The van der Waals surface area contributed by atoms with Gasteiger partial charge in [-0.3, -0.25) is 14.3 Å². The van der Waals surface area contributed by atoms with Crippen molar-refractivity contribution in [3.63, 3.8) is 0 Å². The highest BCUT2D eigenvalue weighted by Gasteiger charge is 2.51. The number of nitrogens with one attached hydrogen (secondary N) is 1. The number of nitrogens with two attached hydrogens (primary N) is 2. The minimum absolute atomic E-state index is 0.495. The fourth-order valence-corrected chi connectivity index (χ4v) is 4.86. The molecule has 39 heavy (non-hydrogen) atoms. The lowest BCUT2D eigenvalue weighted by Crippen LogP contribution is -2.67. The van der Waals surface area contributed by atoms with Crippen LogP contribution in [-0.2, 0) is 18.9 Å². The van der Waals surface area contributed by atoms with Crippen LogP contribution in [0, 0.1) is 0 Å². The highest BCUT2D eigenvalue weighted by molar-refractivity contribution is 4.99. The predicted octanol–water partition coefficient (Wildman–Crippen LogP) is -7.54. The number of nitrogens with zero attached hydrogens (tertiary/aromatic N) is 1. The van der Waals surface area contributed by atoms with E-state index in [1.165, 1.54) is 0 Å². The molecule has 4 heterocycles. The molecule has 3 fully saturated rings. The zero-order valence-corrected chi connectivity index (χ0v) is 20.4. The SMILES string of the molecule is NC1C(O)[C@H](O)C(CO)O[C@@H]1O[C@@H]1O[C@H](C[C@@H](O)[C@H]2O[C@@H](n3ccc(=O)[nH]c3=O)[C@H](O)[C@@H]2O)C(O)C(O)[C@H]1N. The fraction of sp³-hybridized carbons (Fsp3) is 0.810. The average Bonchev–Trinajstić information content (AvgIpc) is 3.19. The van der Waals surface area contributed by atoms with Crippen molar-refractivity contribution >= 4 is 0 Å². The quantitative estimate of drug-likeness (QED) is 0.146. The minimum atomic E-state index is -1.71. The molecule has 0 aromatic carbocycles. The Balaban J connectivity index is 1.45. The monoisotopic (exact) mass is 566 g/mol. The van der Waals surface area contributed by atoms with E-state index in [-0.39, 0.29) is 0 Å². The Morgan fingerprint density at radius 1 is 0.872 bits per heavy atom. The highest BCUT2D eigenvalue weighted by atomic mass is 16.8. The van der Waals surface area contributed by atoms with Crippen LogP contribution < -0.4 is 22.7 Å². The molecule has 0 radical (unpaired) electrons. The fourth-order valence-electron chi connectivity index (χ4n) is 4.86. The van der Waals surface area contributed by atoms with Gasteiger partial charge in [0, 0.05) is 18.7 Å². The smallest absolute Gasteiger partial charge is 0.330 e. The van der Waals surface area contributed by atoms with E-state index in [0.29, 0.717) is 0 Å². The first kappa shape index (κ1) is 30.1. The number of aliphatic hydroxyl groups is 8. The van der Waals surface area contributed by atoms with Gasteiger partial charge in [-0.1, -0.05) is 0 Å². The zero-order valence-electron chi connectivity index (χ0n) is 20.4. The van der Waals surface area contributed by atoms with Crippen molar-refractivity contribution in [3.05, 3.63) is 33.1 Å². The Labute approximate surface area is 219 Å². The summed E-state index contributed by atoms with van der Waals surface area (Å²) in [4.78, 5) is 25.4. The first-order chi connectivity index (χ1) is 18.3. The topological polar surface area (TPSA) is 306 Å². The maximum atomic E-state index is 12.1. The number of aromatic nitrogens is 2. The van der Waals surface area contributed by atoms with Gasteiger partial charge in [0.1, 0.15) is 48.8 Å². The lowest BCUT2D eigenvalue weighted by atomic mass is 9.91. The summed E-state index contributed by atoms with van der Waals surface area (Å²) in [6, 6.07) is -1.69. The molecule has 13 N–H and O–H groups in total. The molecule has 1 aromatic rings. The van der Waals surface area contributed by atoms with Crippen molar-refractivity contribution in [2.45, 2.75) is 98.4 Å². The van der Waals surface area contributed by atoms with Crippen molar-refractivity contribution in [1.82, 2.24) is 9.55 Å². The zero-order chi connectivity index (χ0) is 28.8. The van der Waals surface area contributed by atoms with Crippen LogP contribution in [-0.4, -0.2) is 143 Å². The Morgan fingerprint density at radius 2 is 1.44 bits per heavy atom. The van der Waals surface area contributed by atoms with Gasteiger partial charge in [-0.05, 0) is 0 Å². The Hall–Kier alpha value is -1.88. The van der Waals surface area contributed by atoms with E-state index in [4.69, 9.17) is 30.4 Å². The number of H-pyrrole nitrogens is 1. The van der Waals surface area contributed by atoms with Crippen LogP contribution in [0.15, 0.2) is 21.9 Å². The second kappa shape index (κ2) is 11.9.